The number of carbonyl (C=O) groups is 1. The van der Waals surface area contributed by atoms with E-state index in [2.05, 4.69) is 29.2 Å². The number of likely N-dealkylation sites (N-methyl/N-ethyl adjacent to an activating group) is 2. The molecule has 1 aliphatic heterocycles. The first kappa shape index (κ1) is 14.8. The summed E-state index contributed by atoms with van der Waals surface area (Å²) in [5.41, 5.74) is 0. The van der Waals surface area contributed by atoms with Gasteiger partial charge in [0.05, 0.1) is 0 Å². The maximum absolute atomic E-state index is 11.2. The molecule has 2 unspecified atom stereocenters. The molecule has 1 aliphatic carbocycles. The monoisotopic (exact) mass is 269 g/mol. The molecule has 0 aromatic heterocycles. The Labute approximate surface area is 115 Å². The molecule has 2 N–H and O–H groups in total. The third kappa shape index (κ3) is 4.75. The van der Waals surface area contributed by atoms with Crippen molar-refractivity contribution in [2.45, 2.75) is 50.2 Å². The summed E-state index contributed by atoms with van der Waals surface area (Å²) in [6, 6.07) is 0.716. The topological polar surface area (TPSA) is 55.8 Å². The quantitative estimate of drug-likeness (QED) is 0.676. The van der Waals surface area contributed by atoms with Crippen LogP contribution in [0.4, 0.5) is 0 Å². The van der Waals surface area contributed by atoms with Crippen LogP contribution < -0.4 is 5.32 Å². The number of carboxylic acid groups (broad SMARTS) is 1. The fourth-order valence-electron chi connectivity index (χ4n) is 2.82. The molecule has 2 rings (SSSR count). The zero-order chi connectivity index (χ0) is 13.8. The highest BCUT2D eigenvalue weighted by Gasteiger charge is 2.28. The van der Waals surface area contributed by atoms with Crippen molar-refractivity contribution in [2.24, 2.45) is 0 Å². The number of hydrogen-bond acceptors (Lipinski definition) is 4. The molecule has 2 aliphatic rings. The summed E-state index contributed by atoms with van der Waals surface area (Å²) in [5.74, 6) is -0.710. The van der Waals surface area contributed by atoms with Gasteiger partial charge in [-0.05, 0) is 59.3 Å². The lowest BCUT2D eigenvalue weighted by Gasteiger charge is -2.26. The lowest BCUT2D eigenvalue weighted by Crippen LogP contribution is -2.42. The van der Waals surface area contributed by atoms with Crippen LogP contribution in [-0.4, -0.2) is 72.7 Å². The average Bonchev–Trinajstić information content (AvgIpc) is 3.09. The van der Waals surface area contributed by atoms with Crippen LogP contribution in [0.2, 0.25) is 0 Å². The Morgan fingerprint density at radius 2 is 2.21 bits per heavy atom. The van der Waals surface area contributed by atoms with E-state index in [1.165, 1.54) is 19.4 Å². The summed E-state index contributed by atoms with van der Waals surface area (Å²) < 4.78 is 0. The van der Waals surface area contributed by atoms with E-state index >= 15 is 0 Å². The van der Waals surface area contributed by atoms with Gasteiger partial charge >= 0.3 is 5.97 Å². The molecule has 5 heteroatoms. The summed E-state index contributed by atoms with van der Waals surface area (Å²) in [4.78, 5) is 15.9. The summed E-state index contributed by atoms with van der Waals surface area (Å²) in [6.07, 6.45) is 5.51. The molecule has 0 spiro atoms. The van der Waals surface area contributed by atoms with Crippen molar-refractivity contribution in [3.05, 3.63) is 0 Å². The number of aliphatic carboxylic acids is 1. The first-order valence-corrected chi connectivity index (χ1v) is 7.44. The highest BCUT2D eigenvalue weighted by atomic mass is 16.4. The van der Waals surface area contributed by atoms with Gasteiger partial charge in [-0.15, -0.1) is 0 Å². The Morgan fingerprint density at radius 3 is 2.74 bits per heavy atom. The number of hydrogen-bond donors (Lipinski definition) is 2. The molecular formula is C14H27N3O2. The van der Waals surface area contributed by atoms with Gasteiger partial charge < -0.3 is 20.2 Å². The summed E-state index contributed by atoms with van der Waals surface area (Å²) in [5, 5.41) is 12.4. The Bertz CT molecular complexity index is 307. The summed E-state index contributed by atoms with van der Waals surface area (Å²) in [7, 11) is 4.28. The van der Waals surface area contributed by atoms with Crippen molar-refractivity contribution in [3.63, 3.8) is 0 Å². The molecule has 0 aromatic rings. The van der Waals surface area contributed by atoms with E-state index in [4.69, 9.17) is 0 Å². The molecule has 110 valence electrons. The van der Waals surface area contributed by atoms with Gasteiger partial charge in [0.2, 0.25) is 0 Å². The molecule has 0 bridgehead atoms. The molecule has 2 atom stereocenters. The van der Waals surface area contributed by atoms with Crippen molar-refractivity contribution in [2.75, 3.05) is 33.7 Å². The normalized spacial score (nSPS) is 25.9. The summed E-state index contributed by atoms with van der Waals surface area (Å²) >= 11 is 0. The lowest BCUT2D eigenvalue weighted by molar-refractivity contribution is -0.139. The number of carboxylic acids is 1. The van der Waals surface area contributed by atoms with Gasteiger partial charge in [0.1, 0.15) is 6.04 Å². The van der Waals surface area contributed by atoms with Gasteiger partial charge in [-0.2, -0.15) is 0 Å². The van der Waals surface area contributed by atoms with Crippen LogP contribution in [0.15, 0.2) is 0 Å². The maximum Gasteiger partial charge on any atom is 0.320 e. The Balaban J connectivity index is 1.68. The minimum atomic E-state index is -0.710. The molecule has 0 aromatic carbocycles. The smallest absolute Gasteiger partial charge is 0.320 e. The van der Waals surface area contributed by atoms with E-state index in [0.29, 0.717) is 18.5 Å². The fraction of sp³-hybridized carbons (Fsp3) is 0.929. The van der Waals surface area contributed by atoms with Gasteiger partial charge in [-0.3, -0.25) is 4.79 Å². The van der Waals surface area contributed by atoms with E-state index in [-0.39, 0.29) is 6.04 Å². The van der Waals surface area contributed by atoms with Gasteiger partial charge in [0, 0.05) is 18.6 Å². The van der Waals surface area contributed by atoms with Crippen molar-refractivity contribution >= 4 is 5.97 Å². The van der Waals surface area contributed by atoms with Crippen molar-refractivity contribution in [1.82, 2.24) is 15.1 Å². The highest BCUT2D eigenvalue weighted by Crippen LogP contribution is 2.20. The molecule has 2 fully saturated rings. The molecule has 1 saturated carbocycles. The molecule has 1 heterocycles. The average molecular weight is 269 g/mol. The predicted octanol–water partition coefficient (Wildman–Crippen LogP) is 0.608. The Kier molecular flexibility index (Phi) is 5.19. The number of rotatable bonds is 8. The lowest BCUT2D eigenvalue weighted by atomic mass is 10.1. The van der Waals surface area contributed by atoms with Crippen LogP contribution in [0.1, 0.15) is 32.1 Å². The molecule has 19 heavy (non-hydrogen) atoms. The van der Waals surface area contributed by atoms with Crippen LogP contribution in [-0.2, 0) is 4.79 Å². The number of likely N-dealkylation sites (tertiary alicyclic amines) is 1. The second kappa shape index (κ2) is 6.68. The molecule has 0 radical (unpaired) electrons. The largest absolute Gasteiger partial charge is 0.480 e. The third-order valence-corrected chi connectivity index (χ3v) is 4.31. The summed E-state index contributed by atoms with van der Waals surface area (Å²) in [6.45, 7) is 3.09. The zero-order valence-electron chi connectivity index (χ0n) is 12.1. The van der Waals surface area contributed by atoms with Crippen molar-refractivity contribution in [1.29, 1.82) is 0 Å². The Hall–Kier alpha value is -0.650. The number of nitrogens with zero attached hydrogens (tertiary/aromatic N) is 2. The second-order valence-electron chi connectivity index (χ2n) is 6.16. The van der Waals surface area contributed by atoms with Crippen LogP contribution in [0.3, 0.4) is 0 Å². The fourth-order valence-corrected chi connectivity index (χ4v) is 2.82. The first-order chi connectivity index (χ1) is 9.06. The maximum atomic E-state index is 11.2. The van der Waals surface area contributed by atoms with Crippen molar-refractivity contribution < 1.29 is 9.90 Å². The van der Waals surface area contributed by atoms with Gasteiger partial charge in [-0.25, -0.2) is 0 Å². The zero-order valence-corrected chi connectivity index (χ0v) is 12.1. The molecule has 1 saturated heterocycles. The highest BCUT2D eigenvalue weighted by molar-refractivity contribution is 5.73. The van der Waals surface area contributed by atoms with Gasteiger partial charge in [0.15, 0.2) is 0 Å². The van der Waals surface area contributed by atoms with E-state index in [9.17, 15) is 9.90 Å². The van der Waals surface area contributed by atoms with E-state index in [0.717, 1.165) is 25.9 Å². The van der Waals surface area contributed by atoms with Crippen LogP contribution in [0.25, 0.3) is 0 Å². The second-order valence-corrected chi connectivity index (χ2v) is 6.16. The van der Waals surface area contributed by atoms with Crippen LogP contribution >= 0.6 is 0 Å². The number of nitrogens with one attached hydrogen (secondary N) is 1. The van der Waals surface area contributed by atoms with E-state index in [1.807, 2.05) is 0 Å². The molecule has 0 amide bonds. The van der Waals surface area contributed by atoms with E-state index < -0.39 is 5.97 Å². The first-order valence-electron chi connectivity index (χ1n) is 7.44. The molecule has 5 nitrogen and oxygen atoms in total. The van der Waals surface area contributed by atoms with E-state index in [1.54, 1.807) is 0 Å². The minimum absolute atomic E-state index is 0.378. The minimum Gasteiger partial charge on any atom is -0.480 e. The van der Waals surface area contributed by atoms with Crippen molar-refractivity contribution in [3.8, 4) is 0 Å². The van der Waals surface area contributed by atoms with Crippen LogP contribution in [0, 0.1) is 0 Å². The SMILES string of the molecule is CN(CCC(NC1CC1)C(=O)O)CC1CCCN1C. The van der Waals surface area contributed by atoms with Gasteiger partial charge in [-0.1, -0.05) is 0 Å². The standard InChI is InChI=1S/C14H27N3O2/c1-16(10-12-4-3-8-17(12)2)9-7-13(14(18)19)15-11-5-6-11/h11-13,15H,3-10H2,1-2H3,(H,18,19). The van der Waals surface area contributed by atoms with Crippen LogP contribution in [0.5, 0.6) is 0 Å². The van der Waals surface area contributed by atoms with Gasteiger partial charge in [0.25, 0.3) is 0 Å². The predicted molar refractivity (Wildman–Crippen MR) is 75.3 cm³/mol. The third-order valence-electron chi connectivity index (χ3n) is 4.31. The molecular weight excluding hydrogens is 242 g/mol. The Morgan fingerprint density at radius 1 is 1.47 bits per heavy atom.